The van der Waals surface area contributed by atoms with E-state index in [2.05, 4.69) is 21.2 Å². The summed E-state index contributed by atoms with van der Waals surface area (Å²) in [6, 6.07) is 5.75. The normalized spacial score (nSPS) is 19.6. The molecule has 1 saturated heterocycles. The maximum Gasteiger partial charge on any atom is 0.230 e. The van der Waals surface area contributed by atoms with Gasteiger partial charge in [-0.25, -0.2) is 0 Å². The van der Waals surface area contributed by atoms with E-state index in [1.54, 1.807) is 7.11 Å². The number of hydrogen-bond donors (Lipinski definition) is 1. The fraction of sp³-hybridized carbons (Fsp3) is 0.385. The average molecular weight is 312 g/mol. The summed E-state index contributed by atoms with van der Waals surface area (Å²) >= 11 is 3.42. The number of amides is 2. The second-order valence-corrected chi connectivity index (χ2v) is 5.18. The molecule has 1 atom stereocenters. The van der Waals surface area contributed by atoms with Crippen LogP contribution in [-0.4, -0.2) is 18.9 Å². The molecule has 96 valence electrons. The Morgan fingerprint density at radius 2 is 2.22 bits per heavy atom. The Labute approximate surface area is 114 Å². The number of benzene rings is 1. The summed E-state index contributed by atoms with van der Waals surface area (Å²) in [5.41, 5.74) is 1.05. The molecule has 4 nitrogen and oxygen atoms in total. The predicted molar refractivity (Wildman–Crippen MR) is 70.3 cm³/mol. The quantitative estimate of drug-likeness (QED) is 0.869. The van der Waals surface area contributed by atoms with Crippen LogP contribution < -0.4 is 10.1 Å². The first-order valence-corrected chi connectivity index (χ1v) is 6.55. The molecule has 0 radical (unpaired) electrons. The van der Waals surface area contributed by atoms with Gasteiger partial charge in [-0.15, -0.1) is 0 Å². The summed E-state index contributed by atoms with van der Waals surface area (Å²) in [7, 11) is 1.61. The van der Waals surface area contributed by atoms with Crippen molar-refractivity contribution in [2.75, 3.05) is 7.11 Å². The van der Waals surface area contributed by atoms with Crippen LogP contribution in [0.1, 0.15) is 18.4 Å². The van der Waals surface area contributed by atoms with Crippen LogP contribution in [0.4, 0.5) is 0 Å². The van der Waals surface area contributed by atoms with Gasteiger partial charge in [0.1, 0.15) is 5.75 Å². The van der Waals surface area contributed by atoms with Crippen molar-refractivity contribution in [1.29, 1.82) is 0 Å². The molecular formula is C13H14BrNO3. The molecule has 0 saturated carbocycles. The molecular weight excluding hydrogens is 298 g/mol. The van der Waals surface area contributed by atoms with E-state index in [-0.39, 0.29) is 17.7 Å². The van der Waals surface area contributed by atoms with Crippen LogP contribution in [0.15, 0.2) is 22.7 Å². The molecule has 0 aromatic heterocycles. The van der Waals surface area contributed by atoms with Gasteiger partial charge in [-0.05, 0) is 46.5 Å². The van der Waals surface area contributed by atoms with Gasteiger partial charge in [0.25, 0.3) is 0 Å². The summed E-state index contributed by atoms with van der Waals surface area (Å²) < 4.78 is 6.02. The van der Waals surface area contributed by atoms with Crippen LogP contribution in [0.5, 0.6) is 5.75 Å². The van der Waals surface area contributed by atoms with E-state index in [9.17, 15) is 9.59 Å². The molecule has 2 rings (SSSR count). The SMILES string of the molecule is COc1ccc(CC2CCC(=O)NC2=O)cc1Br. The Hall–Kier alpha value is -1.36. The van der Waals surface area contributed by atoms with E-state index in [0.717, 1.165) is 15.8 Å². The molecule has 1 heterocycles. The zero-order valence-electron chi connectivity index (χ0n) is 10.0. The highest BCUT2D eigenvalue weighted by Gasteiger charge is 2.26. The van der Waals surface area contributed by atoms with Crippen molar-refractivity contribution in [3.05, 3.63) is 28.2 Å². The highest BCUT2D eigenvalue weighted by atomic mass is 79.9. The second-order valence-electron chi connectivity index (χ2n) is 4.32. The third kappa shape index (κ3) is 2.90. The Bertz CT molecular complexity index is 487. The lowest BCUT2D eigenvalue weighted by Crippen LogP contribution is -2.41. The summed E-state index contributed by atoms with van der Waals surface area (Å²) in [4.78, 5) is 22.7. The van der Waals surface area contributed by atoms with Crippen molar-refractivity contribution in [1.82, 2.24) is 5.32 Å². The third-order valence-electron chi connectivity index (χ3n) is 3.05. The molecule has 5 heteroatoms. The first-order valence-electron chi connectivity index (χ1n) is 5.76. The molecule has 0 spiro atoms. The molecule has 2 amide bonds. The van der Waals surface area contributed by atoms with Gasteiger partial charge in [-0.3, -0.25) is 14.9 Å². The van der Waals surface area contributed by atoms with Crippen LogP contribution in [-0.2, 0) is 16.0 Å². The van der Waals surface area contributed by atoms with Gasteiger partial charge in [0.05, 0.1) is 11.6 Å². The molecule has 1 aliphatic rings. The second kappa shape index (κ2) is 5.52. The number of nitrogens with one attached hydrogen (secondary N) is 1. The summed E-state index contributed by atoms with van der Waals surface area (Å²) in [6.07, 6.45) is 1.68. The van der Waals surface area contributed by atoms with Crippen molar-refractivity contribution in [3.63, 3.8) is 0 Å². The van der Waals surface area contributed by atoms with Crippen LogP contribution in [0, 0.1) is 5.92 Å². The lowest BCUT2D eigenvalue weighted by atomic mass is 9.91. The summed E-state index contributed by atoms with van der Waals surface area (Å²) in [5, 5.41) is 2.37. The zero-order chi connectivity index (χ0) is 13.1. The number of ether oxygens (including phenoxy) is 1. The number of halogens is 1. The van der Waals surface area contributed by atoms with Crippen molar-refractivity contribution in [2.24, 2.45) is 5.92 Å². The van der Waals surface area contributed by atoms with Crippen molar-refractivity contribution < 1.29 is 14.3 Å². The Balaban J connectivity index is 2.07. The van der Waals surface area contributed by atoms with Gasteiger partial charge < -0.3 is 4.74 Å². The van der Waals surface area contributed by atoms with E-state index in [0.29, 0.717) is 19.3 Å². The molecule has 18 heavy (non-hydrogen) atoms. The van der Waals surface area contributed by atoms with Gasteiger partial charge in [-0.1, -0.05) is 6.07 Å². The largest absolute Gasteiger partial charge is 0.496 e. The average Bonchev–Trinajstić information content (AvgIpc) is 2.33. The Kier molecular flexibility index (Phi) is 4.01. The number of piperidine rings is 1. The van der Waals surface area contributed by atoms with Crippen molar-refractivity contribution in [3.8, 4) is 5.75 Å². The number of methoxy groups -OCH3 is 1. The lowest BCUT2D eigenvalue weighted by molar-refractivity contribution is -0.136. The standard InChI is InChI=1S/C13H14BrNO3/c1-18-11-4-2-8(7-10(11)14)6-9-3-5-12(16)15-13(9)17/h2,4,7,9H,3,5-6H2,1H3,(H,15,16,17). The number of rotatable bonds is 3. The number of imide groups is 1. The van der Waals surface area contributed by atoms with Crippen LogP contribution >= 0.6 is 15.9 Å². The van der Waals surface area contributed by atoms with Gasteiger partial charge in [0.15, 0.2) is 0 Å². The minimum atomic E-state index is -0.174. The number of hydrogen-bond acceptors (Lipinski definition) is 3. The monoisotopic (exact) mass is 311 g/mol. The molecule has 1 N–H and O–H groups in total. The maximum atomic E-state index is 11.6. The minimum Gasteiger partial charge on any atom is -0.496 e. The molecule has 1 aromatic rings. The molecule has 1 fully saturated rings. The summed E-state index contributed by atoms with van der Waals surface area (Å²) in [6.45, 7) is 0. The van der Waals surface area contributed by atoms with Gasteiger partial charge in [0.2, 0.25) is 11.8 Å². The van der Waals surface area contributed by atoms with E-state index in [1.165, 1.54) is 0 Å². The molecule has 0 bridgehead atoms. The van der Waals surface area contributed by atoms with Crippen molar-refractivity contribution in [2.45, 2.75) is 19.3 Å². The van der Waals surface area contributed by atoms with E-state index in [1.807, 2.05) is 18.2 Å². The minimum absolute atomic E-state index is 0.122. The molecule has 1 aromatic carbocycles. The first-order chi connectivity index (χ1) is 8.60. The van der Waals surface area contributed by atoms with Crippen molar-refractivity contribution >= 4 is 27.7 Å². The maximum absolute atomic E-state index is 11.6. The van der Waals surface area contributed by atoms with Crippen LogP contribution in [0.25, 0.3) is 0 Å². The first kappa shape index (κ1) is 13.1. The molecule has 0 aliphatic carbocycles. The molecule has 1 aliphatic heterocycles. The van der Waals surface area contributed by atoms with Crippen LogP contribution in [0.2, 0.25) is 0 Å². The highest BCUT2D eigenvalue weighted by Crippen LogP contribution is 2.27. The van der Waals surface area contributed by atoms with Crippen LogP contribution in [0.3, 0.4) is 0 Å². The Morgan fingerprint density at radius 3 is 2.83 bits per heavy atom. The fourth-order valence-electron chi connectivity index (χ4n) is 2.05. The predicted octanol–water partition coefficient (Wildman–Crippen LogP) is 2.05. The third-order valence-corrected chi connectivity index (χ3v) is 3.67. The highest BCUT2D eigenvalue weighted by molar-refractivity contribution is 9.10. The summed E-state index contributed by atoms with van der Waals surface area (Å²) in [5.74, 6) is 0.301. The number of carbonyl (C=O) groups excluding carboxylic acids is 2. The Morgan fingerprint density at radius 1 is 1.44 bits per heavy atom. The van der Waals surface area contributed by atoms with E-state index >= 15 is 0 Å². The zero-order valence-corrected chi connectivity index (χ0v) is 11.6. The fourth-order valence-corrected chi connectivity index (χ4v) is 2.64. The van der Waals surface area contributed by atoms with E-state index < -0.39 is 0 Å². The van der Waals surface area contributed by atoms with E-state index in [4.69, 9.17) is 4.74 Å². The topological polar surface area (TPSA) is 55.4 Å². The van der Waals surface area contributed by atoms with Gasteiger partial charge in [-0.2, -0.15) is 0 Å². The smallest absolute Gasteiger partial charge is 0.230 e. The number of carbonyl (C=O) groups is 2. The van der Waals surface area contributed by atoms with Gasteiger partial charge in [0, 0.05) is 12.3 Å². The molecule has 1 unspecified atom stereocenters. The van der Waals surface area contributed by atoms with Gasteiger partial charge >= 0.3 is 0 Å². The lowest BCUT2D eigenvalue weighted by Gasteiger charge is -2.20.